The number of thioether (sulfide) groups is 1. The molecule has 1 atom stereocenters. The molecule has 222 valence electrons. The van der Waals surface area contributed by atoms with Gasteiger partial charge in [-0.15, -0.1) is 5.10 Å². The number of ether oxygens (including phenoxy) is 2. The molecule has 4 aromatic carbocycles. The molecule has 2 heterocycles. The van der Waals surface area contributed by atoms with Crippen LogP contribution in [-0.4, -0.2) is 34.4 Å². The molecule has 0 spiro atoms. The number of carbonyl (C=O) groups excluding carboxylic acids is 1. The van der Waals surface area contributed by atoms with Crippen LogP contribution in [-0.2, 0) is 17.0 Å². The highest BCUT2D eigenvalue weighted by atomic mass is 32.2. The molecule has 5 aromatic rings. The third-order valence-corrected chi connectivity index (χ3v) is 8.25. The van der Waals surface area contributed by atoms with E-state index in [0.717, 1.165) is 23.5 Å². The molecule has 44 heavy (non-hydrogen) atoms. The summed E-state index contributed by atoms with van der Waals surface area (Å²) in [6.45, 7) is 2.46. The Hall–Kier alpha value is -5.02. The number of allylic oxidation sites excluding steroid dienone is 1. The maximum Gasteiger partial charge on any atom is 0.255 e. The standard InChI is InChI=1S/C35H33N5O3S/c1-24-31(33(41)37-29-15-9-10-16-30(29)42-2)32(27-17-19-28(20-18-27)43-22-21-25-11-5-3-6-12-25)40-34(36-24)38-35(39-40)44-23-26-13-7-4-8-14-26/h3-20,32H,21-23H2,1-2H3,(H,37,41)(H,36,38,39). The Morgan fingerprint density at radius 2 is 1.59 bits per heavy atom. The van der Waals surface area contributed by atoms with Crippen molar-refractivity contribution in [1.82, 2.24) is 14.8 Å². The highest BCUT2D eigenvalue weighted by molar-refractivity contribution is 7.98. The number of nitrogens with zero attached hydrogens (tertiary/aromatic N) is 3. The van der Waals surface area contributed by atoms with Crippen molar-refractivity contribution in [1.29, 1.82) is 0 Å². The van der Waals surface area contributed by atoms with Gasteiger partial charge < -0.3 is 20.1 Å². The van der Waals surface area contributed by atoms with Crippen molar-refractivity contribution in [2.75, 3.05) is 24.4 Å². The Morgan fingerprint density at radius 1 is 0.909 bits per heavy atom. The van der Waals surface area contributed by atoms with Crippen LogP contribution >= 0.6 is 11.8 Å². The number of fused-ring (bicyclic) bond motifs is 1. The van der Waals surface area contributed by atoms with Gasteiger partial charge in [0.2, 0.25) is 11.1 Å². The summed E-state index contributed by atoms with van der Waals surface area (Å²) in [6, 6.07) is 35.2. The van der Waals surface area contributed by atoms with Gasteiger partial charge in [0, 0.05) is 17.9 Å². The van der Waals surface area contributed by atoms with E-state index in [2.05, 4.69) is 34.9 Å². The van der Waals surface area contributed by atoms with Crippen LogP contribution in [0.5, 0.6) is 11.5 Å². The molecule has 8 nitrogen and oxygen atoms in total. The van der Waals surface area contributed by atoms with Crippen molar-refractivity contribution in [3.63, 3.8) is 0 Å². The molecule has 1 aliphatic rings. The number of hydrogen-bond acceptors (Lipinski definition) is 7. The number of carbonyl (C=O) groups is 1. The first-order valence-corrected chi connectivity index (χ1v) is 15.4. The van der Waals surface area contributed by atoms with Crippen LogP contribution < -0.4 is 20.1 Å². The van der Waals surface area contributed by atoms with E-state index in [4.69, 9.17) is 19.6 Å². The van der Waals surface area contributed by atoms with Crippen LogP contribution in [0, 0.1) is 0 Å². The second-order valence-corrected chi connectivity index (χ2v) is 11.3. The minimum absolute atomic E-state index is 0.257. The highest BCUT2D eigenvalue weighted by Crippen LogP contribution is 2.38. The third kappa shape index (κ3) is 6.63. The summed E-state index contributed by atoms with van der Waals surface area (Å²) in [4.78, 5) is 18.7. The molecule has 1 aromatic heterocycles. The van der Waals surface area contributed by atoms with Crippen molar-refractivity contribution in [3.8, 4) is 11.5 Å². The van der Waals surface area contributed by atoms with Crippen molar-refractivity contribution < 1.29 is 14.3 Å². The smallest absolute Gasteiger partial charge is 0.255 e. The lowest BCUT2D eigenvalue weighted by Gasteiger charge is -2.29. The largest absolute Gasteiger partial charge is 0.495 e. The van der Waals surface area contributed by atoms with Crippen molar-refractivity contribution in [2.24, 2.45) is 0 Å². The average Bonchev–Trinajstić information content (AvgIpc) is 3.47. The van der Waals surface area contributed by atoms with Crippen LogP contribution in [0.2, 0.25) is 0 Å². The van der Waals surface area contributed by atoms with E-state index in [-0.39, 0.29) is 5.91 Å². The zero-order valence-corrected chi connectivity index (χ0v) is 25.4. The topological polar surface area (TPSA) is 90.3 Å². The fourth-order valence-electron chi connectivity index (χ4n) is 5.13. The summed E-state index contributed by atoms with van der Waals surface area (Å²) in [7, 11) is 1.58. The fourth-order valence-corrected chi connectivity index (χ4v) is 5.92. The van der Waals surface area contributed by atoms with Crippen LogP contribution in [0.1, 0.15) is 29.7 Å². The molecule has 6 rings (SSSR count). The van der Waals surface area contributed by atoms with Gasteiger partial charge in [-0.2, -0.15) is 4.98 Å². The molecular formula is C35H33N5O3S. The molecular weight excluding hydrogens is 570 g/mol. The number of hydrogen-bond donors (Lipinski definition) is 2. The van der Waals surface area contributed by atoms with Gasteiger partial charge in [0.15, 0.2) is 0 Å². The molecule has 0 bridgehead atoms. The van der Waals surface area contributed by atoms with Crippen molar-refractivity contribution >= 4 is 29.3 Å². The van der Waals surface area contributed by atoms with E-state index in [1.54, 1.807) is 23.6 Å². The monoisotopic (exact) mass is 603 g/mol. The first-order valence-electron chi connectivity index (χ1n) is 14.4. The Labute approximate surface area is 261 Å². The summed E-state index contributed by atoms with van der Waals surface area (Å²) in [5, 5.41) is 11.9. The quantitative estimate of drug-likeness (QED) is 0.155. The van der Waals surface area contributed by atoms with Crippen molar-refractivity contribution in [2.45, 2.75) is 30.3 Å². The summed E-state index contributed by atoms with van der Waals surface area (Å²) in [6.07, 6.45) is 0.817. The second kappa shape index (κ2) is 13.5. The molecule has 0 radical (unpaired) electrons. The summed E-state index contributed by atoms with van der Waals surface area (Å²) in [5.41, 5.74) is 5.12. The van der Waals surface area contributed by atoms with E-state index < -0.39 is 6.04 Å². The Morgan fingerprint density at radius 3 is 2.32 bits per heavy atom. The SMILES string of the molecule is COc1ccccc1NC(=O)C1=C(C)Nc2nc(SCc3ccccc3)nn2C1c1ccc(OCCc2ccccc2)cc1. The zero-order valence-electron chi connectivity index (χ0n) is 24.6. The Kier molecular flexibility index (Phi) is 8.93. The predicted octanol–water partition coefficient (Wildman–Crippen LogP) is 7.13. The molecule has 0 aliphatic carbocycles. The fraction of sp³-hybridized carbons (Fsp3) is 0.171. The molecule has 0 saturated heterocycles. The van der Waals surface area contributed by atoms with Crippen LogP contribution in [0.15, 0.2) is 126 Å². The lowest BCUT2D eigenvalue weighted by atomic mass is 9.95. The Bertz CT molecular complexity index is 1750. The lowest BCUT2D eigenvalue weighted by molar-refractivity contribution is -0.113. The van der Waals surface area contributed by atoms with Crippen molar-refractivity contribution in [3.05, 3.63) is 137 Å². The maximum atomic E-state index is 13.9. The van der Waals surface area contributed by atoms with Gasteiger partial charge in [0.05, 0.1) is 25.0 Å². The number of methoxy groups -OCH3 is 1. The number of aromatic nitrogens is 3. The molecule has 1 unspecified atom stereocenters. The molecule has 1 amide bonds. The molecule has 0 fully saturated rings. The van der Waals surface area contributed by atoms with E-state index in [0.29, 0.717) is 40.4 Å². The van der Waals surface area contributed by atoms with Gasteiger partial charge in [-0.25, -0.2) is 4.68 Å². The van der Waals surface area contributed by atoms with Gasteiger partial charge >= 0.3 is 0 Å². The minimum Gasteiger partial charge on any atom is -0.495 e. The first-order chi connectivity index (χ1) is 21.6. The highest BCUT2D eigenvalue weighted by Gasteiger charge is 2.34. The number of anilines is 2. The number of amides is 1. The van der Waals surface area contributed by atoms with Gasteiger partial charge in [0.25, 0.3) is 5.91 Å². The molecule has 0 saturated carbocycles. The summed E-state index contributed by atoms with van der Waals surface area (Å²) >= 11 is 1.55. The number of rotatable bonds is 11. The third-order valence-electron chi connectivity index (χ3n) is 7.34. The van der Waals surface area contributed by atoms with Crippen LogP contribution in [0.4, 0.5) is 11.6 Å². The Balaban J connectivity index is 1.28. The maximum absolute atomic E-state index is 13.9. The molecule has 2 N–H and O–H groups in total. The van der Waals surface area contributed by atoms with Crippen LogP contribution in [0.25, 0.3) is 0 Å². The molecule has 9 heteroatoms. The van der Waals surface area contributed by atoms with Gasteiger partial charge in [-0.3, -0.25) is 4.79 Å². The lowest BCUT2D eigenvalue weighted by Crippen LogP contribution is -2.31. The average molecular weight is 604 g/mol. The number of benzene rings is 4. The summed E-state index contributed by atoms with van der Waals surface area (Å²) in [5.74, 6) is 2.40. The minimum atomic E-state index is -0.516. The van der Waals surface area contributed by atoms with Gasteiger partial charge in [-0.1, -0.05) is 96.7 Å². The predicted molar refractivity (Wildman–Crippen MR) is 174 cm³/mol. The van der Waals surface area contributed by atoms with Crippen LogP contribution in [0.3, 0.4) is 0 Å². The second-order valence-electron chi connectivity index (χ2n) is 10.3. The van der Waals surface area contributed by atoms with E-state index in [9.17, 15) is 4.79 Å². The normalized spacial score (nSPS) is 14.0. The molecule has 1 aliphatic heterocycles. The van der Waals surface area contributed by atoms with E-state index in [1.807, 2.05) is 91.9 Å². The van der Waals surface area contributed by atoms with Gasteiger partial charge in [0.1, 0.15) is 17.5 Å². The van der Waals surface area contributed by atoms with Gasteiger partial charge in [-0.05, 0) is 47.9 Å². The number of para-hydroxylation sites is 2. The summed E-state index contributed by atoms with van der Waals surface area (Å²) < 4.78 is 13.3. The van der Waals surface area contributed by atoms with E-state index >= 15 is 0 Å². The van der Waals surface area contributed by atoms with E-state index in [1.165, 1.54) is 11.1 Å². The number of nitrogens with one attached hydrogen (secondary N) is 2. The first kappa shape index (κ1) is 29.1. The zero-order chi connectivity index (χ0) is 30.3.